The number of oxazole rings is 2. The van der Waals surface area contributed by atoms with E-state index in [1.807, 2.05) is 102 Å². The van der Waals surface area contributed by atoms with Crippen LogP contribution in [0.25, 0.3) is 94.7 Å². The Bertz CT molecular complexity index is 4670. The zero-order valence-electron chi connectivity index (χ0n) is 52.4. The summed E-state index contributed by atoms with van der Waals surface area (Å²) in [7, 11) is 3.98. The number of hydrogen-bond donors (Lipinski definition) is 2. The van der Waals surface area contributed by atoms with Crippen LogP contribution >= 0.6 is 0 Å². The van der Waals surface area contributed by atoms with Crippen LogP contribution in [0, 0.1) is 52.1 Å². The number of piperidine rings is 3. The van der Waals surface area contributed by atoms with Crippen molar-refractivity contribution in [3.8, 4) is 39.9 Å². The summed E-state index contributed by atoms with van der Waals surface area (Å²) in [6, 6.07) is 20.9. The molecule has 0 radical (unpaired) electrons. The van der Waals surface area contributed by atoms with Crippen molar-refractivity contribution in [2.75, 3.05) is 73.1 Å². The standard InChI is InChI=1S/C24H28FN7O.C23H24FN5O.C21H20FN5O/c1-15-14-32-24(27-15)23(33-9-8-31(2)3)13-21(30-32)17-10-19(25)18-12-20(28-29-22(18)11-17)16-4-6-26-7-5-16;1-4-29-7-5-15(6-8-29)19-12-17-18(24)10-16(11-20(17)28-27-19)23-26-22-14(3)25-13(2)9-21(22)30-23;1-11-7-19-20(12(2)24-11)25-21(28-19)14-8-16(22)15-10-17(26-27-18(15)9-14)13-3-5-23-6-4-13/h10-14,16,26H,4-9H2,1-3H3;9-12,15H,4-8H2,1-3H3;7-10,13,23H,3-6H2,1-2H3. The van der Waals surface area contributed by atoms with Gasteiger partial charge >= 0.3 is 0 Å². The number of likely N-dealkylation sites (tertiary alicyclic amines) is 1. The van der Waals surface area contributed by atoms with Crippen LogP contribution in [0.5, 0.6) is 5.75 Å². The first-order valence-electron chi connectivity index (χ1n) is 31.3. The van der Waals surface area contributed by atoms with Crippen molar-refractivity contribution in [3.63, 3.8) is 0 Å². The van der Waals surface area contributed by atoms with Crippen LogP contribution in [0.4, 0.5) is 13.2 Å². The first kappa shape index (κ1) is 60.9. The van der Waals surface area contributed by atoms with Gasteiger partial charge in [0.2, 0.25) is 11.8 Å². The van der Waals surface area contributed by atoms with Gasteiger partial charge in [-0.1, -0.05) is 6.92 Å². The Morgan fingerprint density at radius 1 is 0.527 bits per heavy atom. The molecule has 12 heterocycles. The van der Waals surface area contributed by atoms with Crippen molar-refractivity contribution < 1.29 is 26.7 Å². The van der Waals surface area contributed by atoms with E-state index in [9.17, 15) is 4.39 Å². The van der Waals surface area contributed by atoms with Gasteiger partial charge in [0.15, 0.2) is 22.6 Å². The zero-order chi connectivity index (χ0) is 63.0. The second-order valence-electron chi connectivity index (χ2n) is 24.4. The molecule has 91 heavy (non-hydrogen) atoms. The van der Waals surface area contributed by atoms with Crippen LogP contribution in [0.3, 0.4) is 0 Å². The van der Waals surface area contributed by atoms with Gasteiger partial charge in [0, 0.05) is 86.7 Å². The fourth-order valence-electron chi connectivity index (χ4n) is 12.5. The summed E-state index contributed by atoms with van der Waals surface area (Å²) < 4.78 is 64.6. The minimum Gasteiger partial charge on any atom is -0.488 e. The summed E-state index contributed by atoms with van der Waals surface area (Å²) in [5, 5.41) is 39.0. The number of ether oxygens (including phenoxy) is 1. The van der Waals surface area contributed by atoms with Crippen LogP contribution in [0.2, 0.25) is 0 Å². The molecular formula is C68H72F3N17O3. The molecule has 3 aliphatic rings. The van der Waals surface area contributed by atoms with Crippen molar-refractivity contribution in [1.29, 1.82) is 0 Å². The van der Waals surface area contributed by atoms with Crippen LogP contribution in [0.1, 0.15) is 109 Å². The molecule has 15 rings (SSSR count). The predicted octanol–water partition coefficient (Wildman–Crippen LogP) is 12.0. The number of aromatic nitrogens is 13. The molecule has 0 saturated carbocycles. The summed E-state index contributed by atoms with van der Waals surface area (Å²) in [6.07, 6.45) is 7.87. The number of aryl methyl sites for hydroxylation is 5. The lowest BCUT2D eigenvalue weighted by Gasteiger charge is -2.30. The number of pyridine rings is 2. The Morgan fingerprint density at radius 2 is 0.978 bits per heavy atom. The molecule has 468 valence electrons. The van der Waals surface area contributed by atoms with Crippen molar-refractivity contribution in [3.05, 3.63) is 142 Å². The van der Waals surface area contributed by atoms with E-state index >= 15 is 8.78 Å². The molecule has 3 aromatic carbocycles. The molecule has 3 aliphatic heterocycles. The number of likely N-dealkylation sites (N-methyl/N-ethyl adjacent to an activating group) is 1. The minimum atomic E-state index is -0.342. The second-order valence-corrected chi connectivity index (χ2v) is 24.4. The number of hydrogen-bond acceptors (Lipinski definition) is 19. The van der Waals surface area contributed by atoms with Gasteiger partial charge in [-0.3, -0.25) is 9.97 Å². The molecule has 0 amide bonds. The summed E-state index contributed by atoms with van der Waals surface area (Å²) in [6.45, 7) is 19.9. The molecule has 12 aromatic rings. The lowest BCUT2D eigenvalue weighted by Crippen LogP contribution is -2.32. The van der Waals surface area contributed by atoms with Crippen molar-refractivity contribution >= 4 is 60.6 Å². The van der Waals surface area contributed by atoms with Gasteiger partial charge in [-0.25, -0.2) is 32.6 Å². The highest BCUT2D eigenvalue weighted by molar-refractivity contribution is 5.88. The second kappa shape index (κ2) is 26.1. The van der Waals surface area contributed by atoms with Gasteiger partial charge in [-0.15, -0.1) is 0 Å². The van der Waals surface area contributed by atoms with Gasteiger partial charge in [0.05, 0.1) is 62.6 Å². The minimum absolute atomic E-state index is 0.317. The molecule has 0 spiro atoms. The van der Waals surface area contributed by atoms with Crippen molar-refractivity contribution in [2.24, 2.45) is 0 Å². The third-order valence-electron chi connectivity index (χ3n) is 17.4. The number of imidazole rings is 1. The Kier molecular flexibility index (Phi) is 17.4. The summed E-state index contributed by atoms with van der Waals surface area (Å²) >= 11 is 0. The lowest BCUT2D eigenvalue weighted by molar-refractivity contribution is 0.220. The van der Waals surface area contributed by atoms with Crippen LogP contribution in [-0.2, 0) is 0 Å². The Labute approximate surface area is 523 Å². The normalized spacial score (nSPS) is 15.5. The maximum Gasteiger partial charge on any atom is 0.227 e. The van der Waals surface area contributed by atoms with Gasteiger partial charge in [0.25, 0.3) is 0 Å². The topological polar surface area (TPSA) is 225 Å². The average Bonchev–Trinajstić information content (AvgIpc) is 1.92. The first-order chi connectivity index (χ1) is 44.1. The monoisotopic (exact) mass is 1230 g/mol. The van der Waals surface area contributed by atoms with Crippen LogP contribution in [-0.4, -0.2) is 148 Å². The molecule has 23 heteroatoms. The summed E-state index contributed by atoms with van der Waals surface area (Å²) in [4.78, 5) is 26.9. The third-order valence-corrected chi connectivity index (χ3v) is 17.4. The highest BCUT2D eigenvalue weighted by atomic mass is 19.1. The zero-order valence-corrected chi connectivity index (χ0v) is 52.4. The van der Waals surface area contributed by atoms with E-state index in [1.54, 1.807) is 16.6 Å². The Hall–Kier alpha value is -9.03. The maximum absolute atomic E-state index is 15.2. The summed E-state index contributed by atoms with van der Waals surface area (Å²) in [5.74, 6) is 1.30. The molecule has 9 aromatic heterocycles. The third kappa shape index (κ3) is 13.1. The largest absolute Gasteiger partial charge is 0.488 e. The smallest absolute Gasteiger partial charge is 0.227 e. The van der Waals surface area contributed by atoms with Crippen molar-refractivity contribution in [2.45, 2.75) is 97.8 Å². The Balaban J connectivity index is 0.000000125. The molecule has 0 unspecified atom stereocenters. The molecule has 0 aliphatic carbocycles. The first-order valence-corrected chi connectivity index (χ1v) is 31.3. The number of halogens is 3. The van der Waals surface area contributed by atoms with Crippen LogP contribution < -0.4 is 15.4 Å². The molecule has 3 fully saturated rings. The fourth-order valence-corrected chi connectivity index (χ4v) is 12.5. The molecule has 20 nitrogen and oxygen atoms in total. The quantitative estimate of drug-likeness (QED) is 0.123. The predicted molar refractivity (Wildman–Crippen MR) is 344 cm³/mol. The molecule has 2 N–H and O–H groups in total. The van der Waals surface area contributed by atoms with E-state index in [4.69, 9.17) is 13.6 Å². The summed E-state index contributed by atoms with van der Waals surface area (Å²) in [5.41, 5.74) is 13.9. The van der Waals surface area contributed by atoms with Crippen LogP contribution in [0.15, 0.2) is 87.8 Å². The number of rotatable bonds is 11. The number of nitrogens with one attached hydrogen (secondary N) is 2. The van der Waals surface area contributed by atoms with Crippen molar-refractivity contribution in [1.82, 2.24) is 85.6 Å². The van der Waals surface area contributed by atoms with E-state index in [2.05, 4.69) is 83.1 Å². The highest BCUT2D eigenvalue weighted by Gasteiger charge is 2.25. The van der Waals surface area contributed by atoms with Gasteiger partial charge < -0.3 is 34.0 Å². The van der Waals surface area contributed by atoms with Gasteiger partial charge in [-0.2, -0.15) is 35.7 Å². The number of benzene rings is 3. The number of fused-ring (bicyclic) bond motifs is 6. The SMILES string of the molecule is CCN1CCC(c2cc3c(F)cc(-c4nc5c(C)nc(C)cc5o4)cc3nn2)CC1.Cc1cc2oc(-c3cc(F)c4cc(C5CCNCC5)nnc4c3)nc2c(C)n1.Cc1cn2nc(-c3cc(F)c4cc(C5CCNCC5)nnc4c3)cc(OCCN(C)C)c2n1. The molecule has 0 atom stereocenters. The lowest BCUT2D eigenvalue weighted by atomic mass is 9.92. The molecule has 3 saturated heterocycles. The fraction of sp³-hybridized carbons (Fsp3) is 0.382. The maximum atomic E-state index is 15.2. The van der Waals surface area contributed by atoms with E-state index in [0.29, 0.717) is 125 Å². The van der Waals surface area contributed by atoms with Gasteiger partial charge in [-0.05, 0) is 188 Å². The average molecular weight is 1230 g/mol. The van der Waals surface area contributed by atoms with E-state index in [0.717, 1.165) is 136 Å². The highest BCUT2D eigenvalue weighted by Crippen LogP contribution is 2.36. The van der Waals surface area contributed by atoms with E-state index in [1.165, 1.54) is 18.2 Å². The molecule has 0 bridgehead atoms. The van der Waals surface area contributed by atoms with E-state index in [-0.39, 0.29) is 17.5 Å². The number of nitrogens with zero attached hydrogens (tertiary/aromatic N) is 15. The van der Waals surface area contributed by atoms with E-state index < -0.39 is 0 Å². The molecular weight excluding hydrogens is 1160 g/mol. The van der Waals surface area contributed by atoms with Gasteiger partial charge in [0.1, 0.15) is 35.1 Å². The Morgan fingerprint density at radius 3 is 1.44 bits per heavy atom.